The van der Waals surface area contributed by atoms with E-state index in [1.54, 1.807) is 24.3 Å². The summed E-state index contributed by atoms with van der Waals surface area (Å²) < 4.78 is 11.3. The van der Waals surface area contributed by atoms with E-state index in [4.69, 9.17) is 0 Å². The van der Waals surface area contributed by atoms with Crippen molar-refractivity contribution >= 4 is 0 Å². The molecule has 0 saturated heterocycles. The Morgan fingerprint density at radius 1 is 0.727 bits per heavy atom. The van der Waals surface area contributed by atoms with Gasteiger partial charge in [0.25, 0.3) is 0 Å². The van der Waals surface area contributed by atoms with Crippen molar-refractivity contribution in [3.05, 3.63) is 61.5 Å². The molecule has 0 N–H and O–H groups in total. The molecule has 0 unspecified atom stereocenters. The average molecular weight is 150 g/mol. The summed E-state index contributed by atoms with van der Waals surface area (Å²) in [5.74, 6) is 0. The Bertz CT molecular complexity index is 195. The smallest absolute Gasteiger partial charge is 0.0866 e. The first-order valence-electron chi connectivity index (χ1n) is 3.29. The van der Waals surface area contributed by atoms with E-state index >= 15 is 0 Å². The topological polar surface area (TPSA) is 0 Å². The minimum absolute atomic E-state index is 0.490. The lowest BCUT2D eigenvalue weighted by Crippen LogP contribution is -1.49. The quantitative estimate of drug-likeness (QED) is 0.539. The number of hydrogen-bond acceptors (Lipinski definition) is 0. The van der Waals surface area contributed by atoms with Gasteiger partial charge < -0.3 is 0 Å². The third kappa shape index (κ3) is 8.63. The van der Waals surface area contributed by atoms with Gasteiger partial charge in [0.05, 0.1) is 6.33 Å². The first-order valence-corrected chi connectivity index (χ1v) is 3.29. The molecule has 0 rings (SSSR count). The molecule has 0 aliphatic heterocycles. The van der Waals surface area contributed by atoms with Gasteiger partial charge in [-0.05, 0) is 6.08 Å². The van der Waals surface area contributed by atoms with Gasteiger partial charge in [0.2, 0.25) is 0 Å². The van der Waals surface area contributed by atoms with Crippen molar-refractivity contribution in [2.24, 2.45) is 0 Å². The third-order valence-electron chi connectivity index (χ3n) is 0.875. The van der Waals surface area contributed by atoms with Gasteiger partial charge in [-0.3, -0.25) is 0 Å². The summed E-state index contributed by atoms with van der Waals surface area (Å²) in [4.78, 5) is 0. The fourth-order valence-corrected chi connectivity index (χ4v) is 0.441. The van der Waals surface area contributed by atoms with Gasteiger partial charge in [0.15, 0.2) is 0 Å². The van der Waals surface area contributed by atoms with E-state index in [9.17, 15) is 4.39 Å². The number of halogens is 1. The molecule has 0 radical (unpaired) electrons. The maximum absolute atomic E-state index is 11.3. The van der Waals surface area contributed by atoms with Gasteiger partial charge in [0.1, 0.15) is 0 Å². The molecule has 0 heterocycles. The van der Waals surface area contributed by atoms with Crippen molar-refractivity contribution in [3.63, 3.8) is 0 Å². The normalized spacial score (nSPS) is 12.8. The highest BCUT2D eigenvalue weighted by atomic mass is 19.1. The second-order valence-electron chi connectivity index (χ2n) is 1.71. The molecule has 0 amide bonds. The predicted octanol–water partition coefficient (Wildman–Crippen LogP) is 3.32. The SMILES string of the molecule is C=CC=CC=CC=CC=CF. The maximum Gasteiger partial charge on any atom is 0.0866 e. The van der Waals surface area contributed by atoms with Crippen LogP contribution >= 0.6 is 0 Å². The summed E-state index contributed by atoms with van der Waals surface area (Å²) in [5, 5.41) is 0. The molecule has 0 atom stereocenters. The molecule has 0 spiro atoms. The van der Waals surface area contributed by atoms with E-state index in [2.05, 4.69) is 6.58 Å². The fraction of sp³-hybridized carbons (Fsp3) is 0. The van der Waals surface area contributed by atoms with E-state index < -0.39 is 0 Å². The lowest BCUT2D eigenvalue weighted by atomic mass is 10.4. The van der Waals surface area contributed by atoms with E-state index in [0.717, 1.165) is 0 Å². The van der Waals surface area contributed by atoms with Crippen LogP contribution in [0.5, 0.6) is 0 Å². The highest BCUT2D eigenvalue weighted by molar-refractivity contribution is 5.16. The summed E-state index contributed by atoms with van der Waals surface area (Å²) in [7, 11) is 0. The van der Waals surface area contributed by atoms with E-state index in [1.807, 2.05) is 18.2 Å². The third-order valence-corrected chi connectivity index (χ3v) is 0.875. The Morgan fingerprint density at radius 2 is 1.18 bits per heavy atom. The Kier molecular flexibility index (Phi) is 7.56. The Labute approximate surface area is 66.7 Å². The molecule has 0 aliphatic carbocycles. The second kappa shape index (κ2) is 8.63. The van der Waals surface area contributed by atoms with Crippen molar-refractivity contribution in [1.29, 1.82) is 0 Å². The number of allylic oxidation sites excluding steroid dienone is 8. The molecule has 0 nitrogen and oxygen atoms in total. The van der Waals surface area contributed by atoms with Crippen LogP contribution in [0.15, 0.2) is 61.5 Å². The summed E-state index contributed by atoms with van der Waals surface area (Å²) in [5.41, 5.74) is 0. The number of rotatable bonds is 4. The second-order valence-corrected chi connectivity index (χ2v) is 1.71. The molecular formula is C10H11F. The highest BCUT2D eigenvalue weighted by Gasteiger charge is 1.60. The van der Waals surface area contributed by atoms with Gasteiger partial charge >= 0.3 is 0 Å². The van der Waals surface area contributed by atoms with Gasteiger partial charge in [-0.1, -0.05) is 49.1 Å². The average Bonchev–Trinajstić information content (AvgIpc) is 2.03. The van der Waals surface area contributed by atoms with Crippen LogP contribution in [0.3, 0.4) is 0 Å². The first kappa shape index (κ1) is 9.63. The Morgan fingerprint density at radius 3 is 1.64 bits per heavy atom. The molecule has 11 heavy (non-hydrogen) atoms. The Balaban J connectivity index is 3.59. The monoisotopic (exact) mass is 150 g/mol. The van der Waals surface area contributed by atoms with Crippen molar-refractivity contribution in [1.82, 2.24) is 0 Å². The van der Waals surface area contributed by atoms with Crippen LogP contribution in [0.25, 0.3) is 0 Å². The van der Waals surface area contributed by atoms with Crippen molar-refractivity contribution in [3.8, 4) is 0 Å². The van der Waals surface area contributed by atoms with E-state index in [-0.39, 0.29) is 0 Å². The molecule has 0 aliphatic rings. The molecule has 0 aromatic heterocycles. The van der Waals surface area contributed by atoms with Crippen LogP contribution in [0.4, 0.5) is 4.39 Å². The van der Waals surface area contributed by atoms with E-state index in [0.29, 0.717) is 6.33 Å². The van der Waals surface area contributed by atoms with Crippen LogP contribution in [-0.4, -0.2) is 0 Å². The molecule has 58 valence electrons. The summed E-state index contributed by atoms with van der Waals surface area (Å²) in [6.45, 7) is 3.51. The summed E-state index contributed by atoms with van der Waals surface area (Å²) >= 11 is 0. The highest BCUT2D eigenvalue weighted by Crippen LogP contribution is 1.82. The maximum atomic E-state index is 11.3. The van der Waals surface area contributed by atoms with Gasteiger partial charge in [-0.2, -0.15) is 0 Å². The molecule has 0 saturated carbocycles. The molecule has 0 fully saturated rings. The molecule has 0 bridgehead atoms. The summed E-state index contributed by atoms with van der Waals surface area (Å²) in [6, 6.07) is 0. The largest absolute Gasteiger partial charge is 0.216 e. The van der Waals surface area contributed by atoms with Gasteiger partial charge in [-0.15, -0.1) is 0 Å². The van der Waals surface area contributed by atoms with Crippen LogP contribution in [0.2, 0.25) is 0 Å². The van der Waals surface area contributed by atoms with Crippen molar-refractivity contribution in [2.75, 3.05) is 0 Å². The van der Waals surface area contributed by atoms with Crippen LogP contribution in [0, 0.1) is 0 Å². The van der Waals surface area contributed by atoms with Gasteiger partial charge in [-0.25, -0.2) is 4.39 Å². The standard InChI is InChI=1S/C10H11F/c1-2-3-4-5-6-7-8-9-10-11/h2-10H,1H2. The lowest BCUT2D eigenvalue weighted by molar-refractivity contribution is 0.721. The van der Waals surface area contributed by atoms with Crippen LogP contribution < -0.4 is 0 Å². The van der Waals surface area contributed by atoms with Gasteiger partial charge in [0, 0.05) is 0 Å². The van der Waals surface area contributed by atoms with E-state index in [1.165, 1.54) is 6.08 Å². The molecule has 0 aromatic carbocycles. The molecular weight excluding hydrogens is 139 g/mol. The zero-order valence-corrected chi connectivity index (χ0v) is 6.28. The number of hydrogen-bond donors (Lipinski definition) is 0. The molecule has 1 heteroatoms. The lowest BCUT2D eigenvalue weighted by Gasteiger charge is -1.71. The van der Waals surface area contributed by atoms with Crippen molar-refractivity contribution in [2.45, 2.75) is 0 Å². The summed E-state index contributed by atoms with van der Waals surface area (Å²) in [6.07, 6.45) is 14.2. The minimum atomic E-state index is 0.490. The van der Waals surface area contributed by atoms with Crippen LogP contribution in [0.1, 0.15) is 0 Å². The fourth-order valence-electron chi connectivity index (χ4n) is 0.441. The zero-order chi connectivity index (χ0) is 8.36. The molecule has 0 aromatic rings. The minimum Gasteiger partial charge on any atom is -0.216 e. The first-order chi connectivity index (χ1) is 5.41. The Hall–Kier alpha value is -1.37. The predicted molar refractivity (Wildman–Crippen MR) is 47.9 cm³/mol. The van der Waals surface area contributed by atoms with Crippen LogP contribution in [-0.2, 0) is 0 Å². The zero-order valence-electron chi connectivity index (χ0n) is 6.28. The van der Waals surface area contributed by atoms with Crippen molar-refractivity contribution < 1.29 is 4.39 Å².